The summed E-state index contributed by atoms with van der Waals surface area (Å²) in [5, 5.41) is 12.5. The summed E-state index contributed by atoms with van der Waals surface area (Å²) in [5.74, 6) is 1.40. The highest BCUT2D eigenvalue weighted by molar-refractivity contribution is 5.90. The number of anilines is 2. The molecule has 2 aliphatic rings. The number of H-pyrrole nitrogens is 1. The highest BCUT2D eigenvalue weighted by atomic mass is 16.5. The molecule has 34 heavy (non-hydrogen) atoms. The van der Waals surface area contributed by atoms with E-state index in [1.807, 2.05) is 30.5 Å². The van der Waals surface area contributed by atoms with E-state index in [9.17, 15) is 9.90 Å². The zero-order valence-corrected chi connectivity index (χ0v) is 19.8. The smallest absolute Gasteiger partial charge is 0.335 e. The Morgan fingerprint density at radius 3 is 2.50 bits per heavy atom. The van der Waals surface area contributed by atoms with Crippen LogP contribution in [-0.4, -0.2) is 58.2 Å². The summed E-state index contributed by atoms with van der Waals surface area (Å²) in [6.07, 6.45) is 5.66. The minimum Gasteiger partial charge on any atom is -0.478 e. The lowest BCUT2D eigenvalue weighted by Crippen LogP contribution is -2.43. The molecule has 0 atom stereocenters. The number of nitrogens with zero attached hydrogens (tertiary/aromatic N) is 3. The molecule has 8 heteroatoms. The monoisotopic (exact) mass is 463 g/mol. The van der Waals surface area contributed by atoms with Gasteiger partial charge in [0.05, 0.1) is 23.5 Å². The number of fused-ring (bicyclic) bond motifs is 2. The number of likely N-dealkylation sites (tertiary alicyclic amines) is 1. The number of aromatic nitrogens is 2. The molecule has 3 heterocycles. The number of imidazole rings is 1. The largest absolute Gasteiger partial charge is 0.478 e. The SMILES string of the molecule is CCNCC.O=C(O)c1ccc2c(c1)Oc1ccccc1N2C1CCN(Cc2ncc[nH]2)CC1. The molecule has 1 fully saturated rings. The van der Waals surface area contributed by atoms with E-state index in [-0.39, 0.29) is 5.56 Å². The Labute approximate surface area is 200 Å². The number of carbonyl (C=O) groups is 1. The Balaban J connectivity index is 0.000000499. The van der Waals surface area contributed by atoms with Gasteiger partial charge in [0, 0.05) is 31.5 Å². The second-order valence-electron chi connectivity index (χ2n) is 8.43. The lowest BCUT2D eigenvalue weighted by molar-refractivity contribution is 0.0696. The molecule has 0 radical (unpaired) electrons. The average molecular weight is 464 g/mol. The lowest BCUT2D eigenvalue weighted by atomic mass is 9.99. The van der Waals surface area contributed by atoms with Crippen molar-refractivity contribution >= 4 is 17.3 Å². The summed E-state index contributed by atoms with van der Waals surface area (Å²) in [6, 6.07) is 13.4. The number of hydrogen-bond donors (Lipinski definition) is 3. The van der Waals surface area contributed by atoms with Gasteiger partial charge in [0.2, 0.25) is 0 Å². The number of aromatic amines is 1. The summed E-state index contributed by atoms with van der Waals surface area (Å²) in [4.78, 5) is 23.6. The van der Waals surface area contributed by atoms with Crippen LogP contribution in [0.25, 0.3) is 0 Å². The molecule has 0 spiro atoms. The van der Waals surface area contributed by atoms with Crippen LogP contribution in [0.3, 0.4) is 0 Å². The number of benzene rings is 2. The van der Waals surface area contributed by atoms with Crippen molar-refractivity contribution in [1.82, 2.24) is 20.2 Å². The number of aromatic carboxylic acids is 1. The highest BCUT2D eigenvalue weighted by Gasteiger charge is 2.32. The van der Waals surface area contributed by atoms with Gasteiger partial charge in [0.25, 0.3) is 0 Å². The molecule has 2 aromatic carbocycles. The predicted octanol–water partition coefficient (Wildman–Crippen LogP) is 4.63. The van der Waals surface area contributed by atoms with Crippen molar-refractivity contribution in [1.29, 1.82) is 0 Å². The van der Waals surface area contributed by atoms with Gasteiger partial charge in [0.1, 0.15) is 5.82 Å². The molecule has 0 unspecified atom stereocenters. The Hall–Kier alpha value is -3.36. The van der Waals surface area contributed by atoms with E-state index in [0.29, 0.717) is 11.8 Å². The second kappa shape index (κ2) is 11.2. The first-order valence-electron chi connectivity index (χ1n) is 12.0. The lowest BCUT2D eigenvalue weighted by Gasteiger charge is -2.42. The number of ether oxygens (including phenoxy) is 1. The van der Waals surface area contributed by atoms with E-state index >= 15 is 0 Å². The fourth-order valence-corrected chi connectivity index (χ4v) is 4.49. The fourth-order valence-electron chi connectivity index (χ4n) is 4.49. The third kappa shape index (κ3) is 5.40. The normalized spacial score (nSPS) is 15.5. The van der Waals surface area contributed by atoms with Crippen LogP contribution in [0.4, 0.5) is 11.4 Å². The molecule has 180 valence electrons. The molecule has 3 aromatic rings. The van der Waals surface area contributed by atoms with Crippen molar-refractivity contribution in [3.05, 3.63) is 66.2 Å². The van der Waals surface area contributed by atoms with Crippen molar-refractivity contribution in [3.8, 4) is 11.5 Å². The summed E-state index contributed by atoms with van der Waals surface area (Å²) in [7, 11) is 0. The van der Waals surface area contributed by atoms with E-state index in [0.717, 1.165) is 68.5 Å². The van der Waals surface area contributed by atoms with Crippen LogP contribution in [0.5, 0.6) is 11.5 Å². The van der Waals surface area contributed by atoms with Crippen LogP contribution in [0, 0.1) is 0 Å². The van der Waals surface area contributed by atoms with Gasteiger partial charge in [0.15, 0.2) is 11.5 Å². The van der Waals surface area contributed by atoms with E-state index in [1.165, 1.54) is 0 Å². The van der Waals surface area contributed by atoms with Gasteiger partial charge in [-0.1, -0.05) is 26.0 Å². The van der Waals surface area contributed by atoms with Crippen molar-refractivity contribution in [2.45, 2.75) is 39.3 Å². The van der Waals surface area contributed by atoms with Crippen LogP contribution in [0.2, 0.25) is 0 Å². The molecule has 8 nitrogen and oxygen atoms in total. The third-order valence-corrected chi connectivity index (χ3v) is 6.16. The number of para-hydroxylation sites is 2. The summed E-state index contributed by atoms with van der Waals surface area (Å²) < 4.78 is 6.05. The molecule has 1 aromatic heterocycles. The molecular formula is C26H33N5O3. The van der Waals surface area contributed by atoms with Gasteiger partial charge < -0.3 is 25.0 Å². The van der Waals surface area contributed by atoms with E-state index in [1.54, 1.807) is 18.3 Å². The van der Waals surface area contributed by atoms with Crippen molar-refractivity contribution in [3.63, 3.8) is 0 Å². The molecule has 5 rings (SSSR count). The minimum atomic E-state index is -0.951. The zero-order valence-electron chi connectivity index (χ0n) is 19.8. The molecule has 0 amide bonds. The van der Waals surface area contributed by atoms with Crippen LogP contribution in [-0.2, 0) is 6.54 Å². The highest BCUT2D eigenvalue weighted by Crippen LogP contribution is 2.48. The average Bonchev–Trinajstić information content (AvgIpc) is 3.37. The second-order valence-corrected chi connectivity index (χ2v) is 8.43. The fraction of sp³-hybridized carbons (Fsp3) is 0.385. The number of piperidine rings is 1. The minimum absolute atomic E-state index is 0.233. The standard InChI is InChI=1S/C22H22N4O3.C4H11N/c27-22(28)15-5-6-18-20(13-15)29-19-4-2-1-3-17(19)26(18)16-7-11-25(12-8-16)14-21-23-9-10-24-21;1-3-5-4-2/h1-6,9-10,13,16H,7-8,11-12,14H2,(H,23,24)(H,27,28);5H,3-4H2,1-2H3. The van der Waals surface area contributed by atoms with Crippen LogP contribution in [0.15, 0.2) is 54.9 Å². The number of nitrogens with one attached hydrogen (secondary N) is 2. The van der Waals surface area contributed by atoms with E-state index < -0.39 is 5.97 Å². The van der Waals surface area contributed by atoms with Crippen molar-refractivity contribution in [2.24, 2.45) is 0 Å². The maximum atomic E-state index is 11.4. The summed E-state index contributed by atoms with van der Waals surface area (Å²) in [6.45, 7) is 9.18. The first-order valence-corrected chi connectivity index (χ1v) is 12.0. The Morgan fingerprint density at radius 1 is 1.12 bits per heavy atom. The molecular weight excluding hydrogens is 430 g/mol. The summed E-state index contributed by atoms with van der Waals surface area (Å²) >= 11 is 0. The van der Waals surface area contributed by atoms with Crippen LogP contribution in [0.1, 0.15) is 42.9 Å². The Morgan fingerprint density at radius 2 is 1.85 bits per heavy atom. The quantitative estimate of drug-likeness (QED) is 0.491. The topological polar surface area (TPSA) is 93.7 Å². The first-order chi connectivity index (χ1) is 16.6. The van der Waals surface area contributed by atoms with Gasteiger partial charge in [-0.2, -0.15) is 0 Å². The maximum Gasteiger partial charge on any atom is 0.335 e. The van der Waals surface area contributed by atoms with Crippen LogP contribution < -0.4 is 15.0 Å². The van der Waals surface area contributed by atoms with Gasteiger partial charge in [-0.15, -0.1) is 0 Å². The number of carboxylic acid groups (broad SMARTS) is 1. The molecule has 0 aliphatic carbocycles. The molecule has 3 N–H and O–H groups in total. The molecule has 0 bridgehead atoms. The van der Waals surface area contributed by atoms with Gasteiger partial charge in [-0.3, -0.25) is 4.90 Å². The number of carboxylic acids is 1. The number of hydrogen-bond acceptors (Lipinski definition) is 6. The molecule has 2 aliphatic heterocycles. The predicted molar refractivity (Wildman–Crippen MR) is 133 cm³/mol. The van der Waals surface area contributed by atoms with Gasteiger partial charge >= 0.3 is 5.97 Å². The number of rotatable bonds is 6. The van der Waals surface area contributed by atoms with Crippen LogP contribution >= 0.6 is 0 Å². The third-order valence-electron chi connectivity index (χ3n) is 6.16. The Bertz CT molecular complexity index is 1080. The summed E-state index contributed by atoms with van der Waals surface area (Å²) in [5.41, 5.74) is 2.20. The molecule has 0 saturated carbocycles. The Kier molecular flexibility index (Phi) is 7.82. The first kappa shape index (κ1) is 23.8. The van der Waals surface area contributed by atoms with Gasteiger partial charge in [-0.05, 0) is 56.3 Å². The van der Waals surface area contributed by atoms with E-state index in [4.69, 9.17) is 4.74 Å². The van der Waals surface area contributed by atoms with Crippen molar-refractivity contribution < 1.29 is 14.6 Å². The van der Waals surface area contributed by atoms with E-state index in [2.05, 4.69) is 45.0 Å². The molecule has 1 saturated heterocycles. The maximum absolute atomic E-state index is 11.4. The zero-order chi connectivity index (χ0) is 23.9. The van der Waals surface area contributed by atoms with Crippen molar-refractivity contribution in [2.75, 3.05) is 31.1 Å². The van der Waals surface area contributed by atoms with Gasteiger partial charge in [-0.25, -0.2) is 9.78 Å².